The third-order valence-corrected chi connectivity index (χ3v) is 3.27. The van der Waals surface area contributed by atoms with Gasteiger partial charge >= 0.3 is 0 Å². The lowest BCUT2D eigenvalue weighted by molar-refractivity contribution is 0.130. The molecule has 0 aliphatic carbocycles. The van der Waals surface area contributed by atoms with E-state index < -0.39 is 0 Å². The number of hydrogen-bond donors (Lipinski definition) is 1. The van der Waals surface area contributed by atoms with E-state index in [1.54, 1.807) is 6.20 Å². The number of nitrogens with two attached hydrogens (primary N) is 1. The van der Waals surface area contributed by atoms with Crippen LogP contribution in [-0.2, 0) is 11.4 Å². The highest BCUT2D eigenvalue weighted by atomic mass is 79.9. The van der Waals surface area contributed by atoms with Gasteiger partial charge in [-0.25, -0.2) is 0 Å². The van der Waals surface area contributed by atoms with Gasteiger partial charge in [0.1, 0.15) is 5.84 Å². The quantitative estimate of drug-likeness (QED) is 0.522. The van der Waals surface area contributed by atoms with Crippen molar-refractivity contribution in [1.82, 2.24) is 4.37 Å². The molecule has 0 spiro atoms. The molecular formula is C8H12BrN3OS. The minimum Gasteiger partial charge on any atom is -0.389 e. The van der Waals surface area contributed by atoms with Crippen molar-refractivity contribution in [2.75, 3.05) is 0 Å². The molecule has 0 aliphatic rings. The lowest BCUT2D eigenvalue weighted by atomic mass is 10.2. The number of amidine groups is 1. The highest BCUT2D eigenvalue weighted by Crippen LogP contribution is 2.20. The van der Waals surface area contributed by atoms with Crippen LogP contribution in [0, 0.1) is 5.92 Å². The van der Waals surface area contributed by atoms with Gasteiger partial charge in [-0.1, -0.05) is 19.0 Å². The van der Waals surface area contributed by atoms with E-state index in [-0.39, 0.29) is 5.92 Å². The minimum atomic E-state index is 0.208. The molecule has 1 aromatic rings. The van der Waals surface area contributed by atoms with Crippen LogP contribution in [0.15, 0.2) is 15.8 Å². The number of oxime groups is 1. The van der Waals surface area contributed by atoms with Gasteiger partial charge < -0.3 is 10.6 Å². The summed E-state index contributed by atoms with van der Waals surface area (Å²) in [5, 5.41) is 3.79. The molecule has 0 atom stereocenters. The molecule has 0 aliphatic heterocycles. The van der Waals surface area contributed by atoms with E-state index in [1.807, 2.05) is 13.8 Å². The maximum atomic E-state index is 5.60. The standard InChI is InChI=1S/C8H12BrN3OS/c1-5(2)8(10)12-13-4-7-6(9)3-11-14-7/h3,5H,4H2,1-2H3,(H2,10,12). The summed E-state index contributed by atoms with van der Waals surface area (Å²) in [6, 6.07) is 0. The van der Waals surface area contributed by atoms with Crippen molar-refractivity contribution in [3.05, 3.63) is 15.5 Å². The summed E-state index contributed by atoms with van der Waals surface area (Å²) < 4.78 is 4.93. The summed E-state index contributed by atoms with van der Waals surface area (Å²) in [5.74, 6) is 0.713. The van der Waals surface area contributed by atoms with E-state index in [1.165, 1.54) is 11.5 Å². The Kier molecular flexibility index (Phi) is 4.34. The maximum absolute atomic E-state index is 5.60. The van der Waals surface area contributed by atoms with Gasteiger partial charge in [0.15, 0.2) is 6.61 Å². The van der Waals surface area contributed by atoms with Crippen molar-refractivity contribution in [2.45, 2.75) is 20.5 Å². The first kappa shape index (κ1) is 11.5. The van der Waals surface area contributed by atoms with Crippen molar-refractivity contribution >= 4 is 33.3 Å². The first-order valence-electron chi connectivity index (χ1n) is 4.15. The maximum Gasteiger partial charge on any atom is 0.154 e. The van der Waals surface area contributed by atoms with Gasteiger partial charge in [-0.15, -0.1) is 0 Å². The van der Waals surface area contributed by atoms with E-state index in [0.717, 1.165) is 9.35 Å². The van der Waals surface area contributed by atoms with Gasteiger partial charge in [-0.3, -0.25) is 0 Å². The highest BCUT2D eigenvalue weighted by molar-refractivity contribution is 9.10. The average Bonchev–Trinajstić information content (AvgIpc) is 2.51. The summed E-state index contributed by atoms with van der Waals surface area (Å²) in [4.78, 5) is 6.09. The van der Waals surface area contributed by atoms with Gasteiger partial charge in [-0.05, 0) is 27.5 Å². The molecule has 0 amide bonds. The number of nitrogens with zero attached hydrogens (tertiary/aromatic N) is 2. The summed E-state index contributed by atoms with van der Waals surface area (Å²) in [6.07, 6.45) is 1.73. The molecule has 0 aromatic carbocycles. The van der Waals surface area contributed by atoms with Crippen LogP contribution in [0.2, 0.25) is 0 Å². The molecule has 0 unspecified atom stereocenters. The lowest BCUT2D eigenvalue weighted by Crippen LogP contribution is -2.18. The van der Waals surface area contributed by atoms with Crippen LogP contribution >= 0.6 is 27.5 Å². The number of halogens is 1. The van der Waals surface area contributed by atoms with E-state index in [2.05, 4.69) is 25.5 Å². The predicted molar refractivity (Wildman–Crippen MR) is 61.1 cm³/mol. The fraction of sp³-hybridized carbons (Fsp3) is 0.500. The molecule has 0 fully saturated rings. The zero-order valence-electron chi connectivity index (χ0n) is 8.03. The summed E-state index contributed by atoms with van der Waals surface area (Å²) in [7, 11) is 0. The van der Waals surface area contributed by atoms with E-state index >= 15 is 0 Å². The van der Waals surface area contributed by atoms with Crippen molar-refractivity contribution in [2.24, 2.45) is 16.8 Å². The molecule has 78 valence electrons. The van der Waals surface area contributed by atoms with Crippen molar-refractivity contribution in [3.63, 3.8) is 0 Å². The fourth-order valence-corrected chi connectivity index (χ4v) is 1.72. The SMILES string of the molecule is CC(C)/C(N)=N/OCc1sncc1Br. The molecule has 1 heterocycles. The second kappa shape index (κ2) is 5.31. The van der Waals surface area contributed by atoms with Crippen molar-refractivity contribution in [3.8, 4) is 0 Å². The van der Waals surface area contributed by atoms with Gasteiger partial charge in [0, 0.05) is 5.92 Å². The third-order valence-electron chi connectivity index (χ3n) is 1.55. The smallest absolute Gasteiger partial charge is 0.154 e. The Morgan fingerprint density at radius 2 is 2.50 bits per heavy atom. The monoisotopic (exact) mass is 277 g/mol. The first-order chi connectivity index (χ1) is 6.61. The molecular weight excluding hydrogens is 266 g/mol. The lowest BCUT2D eigenvalue weighted by Gasteiger charge is -2.03. The molecule has 1 rings (SSSR count). The Balaban J connectivity index is 2.43. The van der Waals surface area contributed by atoms with Crippen LogP contribution in [-0.4, -0.2) is 10.2 Å². The van der Waals surface area contributed by atoms with Crippen LogP contribution in [0.25, 0.3) is 0 Å². The molecule has 0 saturated heterocycles. The van der Waals surface area contributed by atoms with Gasteiger partial charge in [0.05, 0.1) is 15.5 Å². The second-order valence-electron chi connectivity index (χ2n) is 3.04. The van der Waals surface area contributed by atoms with Crippen molar-refractivity contribution in [1.29, 1.82) is 0 Å². The van der Waals surface area contributed by atoms with Crippen LogP contribution in [0.5, 0.6) is 0 Å². The van der Waals surface area contributed by atoms with Crippen LogP contribution in [0.4, 0.5) is 0 Å². The molecule has 4 nitrogen and oxygen atoms in total. The summed E-state index contributed by atoms with van der Waals surface area (Å²) in [6.45, 7) is 4.33. The van der Waals surface area contributed by atoms with E-state index in [0.29, 0.717) is 12.4 Å². The molecule has 6 heteroatoms. The van der Waals surface area contributed by atoms with Crippen LogP contribution in [0.3, 0.4) is 0 Å². The number of hydrogen-bond acceptors (Lipinski definition) is 4. The fourth-order valence-electron chi connectivity index (χ4n) is 0.618. The zero-order chi connectivity index (χ0) is 10.6. The highest BCUT2D eigenvalue weighted by Gasteiger charge is 2.03. The molecule has 14 heavy (non-hydrogen) atoms. The predicted octanol–water partition coefficient (Wildman–Crippen LogP) is 2.35. The topological polar surface area (TPSA) is 60.5 Å². The van der Waals surface area contributed by atoms with E-state index in [4.69, 9.17) is 10.6 Å². The Labute approximate surface area is 95.4 Å². The number of rotatable bonds is 4. The Morgan fingerprint density at radius 1 is 1.79 bits per heavy atom. The first-order valence-corrected chi connectivity index (χ1v) is 5.72. The molecule has 1 aromatic heterocycles. The molecule has 0 radical (unpaired) electrons. The zero-order valence-corrected chi connectivity index (χ0v) is 10.4. The Morgan fingerprint density at radius 3 is 3.00 bits per heavy atom. The number of aromatic nitrogens is 1. The molecule has 0 bridgehead atoms. The largest absolute Gasteiger partial charge is 0.389 e. The summed E-state index contributed by atoms with van der Waals surface area (Å²) in [5.41, 5.74) is 5.60. The van der Waals surface area contributed by atoms with E-state index in [9.17, 15) is 0 Å². The Hall–Kier alpha value is -0.620. The third kappa shape index (κ3) is 3.26. The van der Waals surface area contributed by atoms with Gasteiger partial charge in [0.25, 0.3) is 0 Å². The second-order valence-corrected chi connectivity index (χ2v) is 4.78. The average molecular weight is 278 g/mol. The van der Waals surface area contributed by atoms with Crippen molar-refractivity contribution < 1.29 is 4.84 Å². The van der Waals surface area contributed by atoms with Crippen LogP contribution < -0.4 is 5.73 Å². The van der Waals surface area contributed by atoms with Crippen LogP contribution in [0.1, 0.15) is 18.7 Å². The summed E-state index contributed by atoms with van der Waals surface area (Å²) >= 11 is 4.73. The molecule has 2 N–H and O–H groups in total. The Bertz CT molecular complexity index is 324. The van der Waals surface area contributed by atoms with Gasteiger partial charge in [0.2, 0.25) is 0 Å². The van der Waals surface area contributed by atoms with Gasteiger partial charge in [-0.2, -0.15) is 4.37 Å². The minimum absolute atomic E-state index is 0.208. The molecule has 0 saturated carbocycles. The normalized spacial score (nSPS) is 12.1.